The van der Waals surface area contributed by atoms with Crippen LogP contribution in [0.25, 0.3) is 0 Å². The van der Waals surface area contributed by atoms with Crippen molar-refractivity contribution in [2.45, 2.75) is 89.2 Å². The molecule has 1 N–H and O–H groups in total. The van der Waals surface area contributed by atoms with Crippen LogP contribution in [-0.2, 0) is 33.2 Å². The average Bonchev–Trinajstić information content (AvgIpc) is 2.80. The molecule has 0 aliphatic carbocycles. The molecule has 2 rings (SSSR count). The van der Waals surface area contributed by atoms with Crippen molar-refractivity contribution in [3.05, 3.63) is 23.8 Å². The molecule has 0 saturated carbocycles. The van der Waals surface area contributed by atoms with Gasteiger partial charge in [0.05, 0.1) is 12.2 Å². The van der Waals surface area contributed by atoms with Crippen LogP contribution < -0.4 is 0 Å². The molecule has 0 aromatic rings. The van der Waals surface area contributed by atoms with Crippen molar-refractivity contribution in [2.24, 2.45) is 11.8 Å². The number of ether oxygens (including phenoxy) is 7. The predicted octanol–water partition coefficient (Wildman–Crippen LogP) is 3.08. The lowest BCUT2D eigenvalue weighted by atomic mass is 9.81. The molecule has 0 amide bonds. The van der Waals surface area contributed by atoms with E-state index in [1.807, 2.05) is 32.1 Å². The van der Waals surface area contributed by atoms with Gasteiger partial charge in [-0.15, -0.1) is 0 Å². The Bertz CT molecular complexity index is 640. The van der Waals surface area contributed by atoms with Crippen molar-refractivity contribution in [1.29, 1.82) is 0 Å². The van der Waals surface area contributed by atoms with Crippen molar-refractivity contribution in [2.75, 3.05) is 35.5 Å². The van der Waals surface area contributed by atoms with E-state index in [9.17, 15) is 5.11 Å². The minimum atomic E-state index is -1.16. The van der Waals surface area contributed by atoms with Gasteiger partial charge < -0.3 is 38.3 Å². The Morgan fingerprint density at radius 3 is 2.12 bits per heavy atom. The van der Waals surface area contributed by atoms with Crippen molar-refractivity contribution in [3.63, 3.8) is 0 Å². The summed E-state index contributed by atoms with van der Waals surface area (Å²) in [5, 5.41) is 10.9. The van der Waals surface area contributed by atoms with Gasteiger partial charge in [0.15, 0.2) is 12.1 Å². The number of methoxy groups -OCH3 is 5. The van der Waals surface area contributed by atoms with Crippen LogP contribution in [0.15, 0.2) is 23.8 Å². The Morgan fingerprint density at radius 1 is 1.03 bits per heavy atom. The fourth-order valence-electron chi connectivity index (χ4n) is 4.88. The number of rotatable bonds is 12. The Labute approximate surface area is 199 Å². The molecule has 192 valence electrons. The van der Waals surface area contributed by atoms with E-state index >= 15 is 0 Å². The highest BCUT2D eigenvalue weighted by Gasteiger charge is 2.50. The lowest BCUT2D eigenvalue weighted by Crippen LogP contribution is -2.60. The third kappa shape index (κ3) is 6.24. The lowest BCUT2D eigenvalue weighted by Gasteiger charge is -2.50. The number of hydrogen-bond donors (Lipinski definition) is 1. The monoisotopic (exact) mass is 472 g/mol. The van der Waals surface area contributed by atoms with E-state index in [-0.39, 0.29) is 42.4 Å². The molecule has 0 bridgehead atoms. The summed E-state index contributed by atoms with van der Waals surface area (Å²) in [4.78, 5) is 0. The lowest BCUT2D eigenvalue weighted by molar-refractivity contribution is -0.351. The van der Waals surface area contributed by atoms with Crippen LogP contribution in [0, 0.1) is 11.8 Å². The molecule has 10 atom stereocenters. The molecular formula is C25H44O8. The molecule has 2 heterocycles. The minimum absolute atomic E-state index is 0.00295. The van der Waals surface area contributed by atoms with E-state index in [1.54, 1.807) is 35.5 Å². The predicted molar refractivity (Wildman–Crippen MR) is 125 cm³/mol. The van der Waals surface area contributed by atoms with Crippen LogP contribution in [0.3, 0.4) is 0 Å². The van der Waals surface area contributed by atoms with E-state index in [1.165, 1.54) is 0 Å². The van der Waals surface area contributed by atoms with Gasteiger partial charge in [0, 0.05) is 53.8 Å². The number of hydrogen-bond acceptors (Lipinski definition) is 8. The van der Waals surface area contributed by atoms with Crippen LogP contribution in [0.4, 0.5) is 0 Å². The fraction of sp³-hybridized carbons (Fsp3) is 0.840. The largest absolute Gasteiger partial charge is 0.381 e. The molecule has 0 unspecified atom stereocenters. The van der Waals surface area contributed by atoms with Gasteiger partial charge in [-0.3, -0.25) is 0 Å². The van der Waals surface area contributed by atoms with Gasteiger partial charge in [-0.2, -0.15) is 0 Å². The third-order valence-corrected chi connectivity index (χ3v) is 7.19. The molecule has 2 fully saturated rings. The zero-order valence-corrected chi connectivity index (χ0v) is 21.6. The molecule has 2 saturated heterocycles. The molecule has 33 heavy (non-hydrogen) atoms. The minimum Gasteiger partial charge on any atom is -0.381 e. The quantitative estimate of drug-likeness (QED) is 0.434. The Kier molecular flexibility index (Phi) is 11.0. The molecule has 0 radical (unpaired) electrons. The van der Waals surface area contributed by atoms with Crippen molar-refractivity contribution < 1.29 is 38.3 Å². The van der Waals surface area contributed by atoms with E-state index in [0.717, 1.165) is 12.0 Å². The van der Waals surface area contributed by atoms with Gasteiger partial charge in [-0.1, -0.05) is 39.0 Å². The first-order chi connectivity index (χ1) is 15.7. The van der Waals surface area contributed by atoms with Crippen LogP contribution in [-0.4, -0.2) is 89.4 Å². The second-order valence-corrected chi connectivity index (χ2v) is 9.09. The van der Waals surface area contributed by atoms with Gasteiger partial charge in [0.1, 0.15) is 24.4 Å². The second kappa shape index (κ2) is 12.7. The van der Waals surface area contributed by atoms with Gasteiger partial charge in [0.2, 0.25) is 0 Å². The molecule has 8 nitrogen and oxygen atoms in total. The summed E-state index contributed by atoms with van der Waals surface area (Å²) in [6.07, 6.45) is 5.39. The van der Waals surface area contributed by atoms with Crippen LogP contribution >= 0.6 is 0 Å². The molecule has 0 aromatic heterocycles. The molecule has 0 spiro atoms. The standard InChI is InChI=1S/C25H44O8/c1-10-18(27-5)17(4)19-14-25(26,33-19)16(3)13-11-12-15(2)20-21(28-6)22(29-7)23(30-8)24(31-9)32-20/h11-13,16-24,26H,10,14H2,1-9H3/b13-11+,15-12+/t16-,17-,18+,19-,20+,21-,22+,23-,24+,25+/m1/s1. The molecule has 0 aromatic carbocycles. The van der Waals surface area contributed by atoms with Crippen molar-refractivity contribution in [1.82, 2.24) is 0 Å². The molecule has 2 aliphatic heterocycles. The van der Waals surface area contributed by atoms with Gasteiger partial charge in [-0.25, -0.2) is 0 Å². The average molecular weight is 473 g/mol. The maximum atomic E-state index is 10.9. The first-order valence-electron chi connectivity index (χ1n) is 11.8. The normalized spacial score (nSPS) is 38.2. The summed E-state index contributed by atoms with van der Waals surface area (Å²) in [5.74, 6) is -1.10. The zero-order chi connectivity index (χ0) is 24.8. The van der Waals surface area contributed by atoms with E-state index in [4.69, 9.17) is 33.2 Å². The summed E-state index contributed by atoms with van der Waals surface area (Å²) in [5.41, 5.74) is 0.947. The summed E-state index contributed by atoms with van der Waals surface area (Å²) < 4.78 is 40.0. The van der Waals surface area contributed by atoms with E-state index < -0.39 is 18.2 Å². The smallest absolute Gasteiger partial charge is 0.186 e. The summed E-state index contributed by atoms with van der Waals surface area (Å²) in [7, 11) is 8.16. The van der Waals surface area contributed by atoms with Crippen molar-refractivity contribution in [3.8, 4) is 0 Å². The van der Waals surface area contributed by atoms with E-state index in [2.05, 4.69) is 13.8 Å². The van der Waals surface area contributed by atoms with Crippen LogP contribution in [0.2, 0.25) is 0 Å². The first-order valence-corrected chi connectivity index (χ1v) is 11.8. The summed E-state index contributed by atoms with van der Waals surface area (Å²) in [6.45, 7) is 8.13. The highest BCUT2D eigenvalue weighted by molar-refractivity contribution is 5.19. The molecule has 8 heteroatoms. The first kappa shape index (κ1) is 28.4. The SMILES string of the molecule is CC[C@H](OC)[C@@H](C)[C@H]1C[C@@](O)([C@H](C)/C=C/C=C(\C)[C@@H]2O[C@H](OC)[C@H](OC)[C@@H](OC)[C@@H]2OC)O1. The number of aliphatic hydroxyl groups is 1. The molecule has 2 aliphatic rings. The number of allylic oxidation sites excluding steroid dienone is 2. The Morgan fingerprint density at radius 2 is 1.64 bits per heavy atom. The van der Waals surface area contributed by atoms with E-state index in [0.29, 0.717) is 6.42 Å². The van der Waals surface area contributed by atoms with Gasteiger partial charge in [0.25, 0.3) is 0 Å². The summed E-state index contributed by atoms with van der Waals surface area (Å²) in [6, 6.07) is 0. The fourth-order valence-corrected chi connectivity index (χ4v) is 4.88. The summed E-state index contributed by atoms with van der Waals surface area (Å²) >= 11 is 0. The highest BCUT2D eigenvalue weighted by Crippen LogP contribution is 2.42. The van der Waals surface area contributed by atoms with Crippen molar-refractivity contribution >= 4 is 0 Å². The van der Waals surface area contributed by atoms with Crippen LogP contribution in [0.5, 0.6) is 0 Å². The Hall–Kier alpha value is -0.840. The topological polar surface area (TPSA) is 84.8 Å². The maximum absolute atomic E-state index is 10.9. The molecular weight excluding hydrogens is 428 g/mol. The van der Waals surface area contributed by atoms with Crippen LogP contribution in [0.1, 0.15) is 40.5 Å². The third-order valence-electron chi connectivity index (χ3n) is 7.19. The zero-order valence-electron chi connectivity index (χ0n) is 21.6. The van der Waals surface area contributed by atoms with Gasteiger partial charge >= 0.3 is 0 Å². The van der Waals surface area contributed by atoms with Gasteiger partial charge in [-0.05, 0) is 18.9 Å². The second-order valence-electron chi connectivity index (χ2n) is 9.09. The highest BCUT2D eigenvalue weighted by atomic mass is 16.7. The Balaban J connectivity index is 2.03. The maximum Gasteiger partial charge on any atom is 0.186 e.